The Morgan fingerprint density at radius 2 is 1.90 bits per heavy atom. The lowest BCUT2D eigenvalue weighted by atomic mass is 9.87. The summed E-state index contributed by atoms with van der Waals surface area (Å²) in [5, 5.41) is 23.4. The lowest BCUT2D eigenvalue weighted by Crippen LogP contribution is -2.13. The van der Waals surface area contributed by atoms with Crippen LogP contribution in [0.2, 0.25) is 0 Å². The topological polar surface area (TPSA) is 123 Å². The van der Waals surface area contributed by atoms with Gasteiger partial charge < -0.3 is 19.5 Å². The summed E-state index contributed by atoms with van der Waals surface area (Å²) in [5.74, 6) is -0.480. The average Bonchev–Trinajstić information content (AvgIpc) is 3.17. The van der Waals surface area contributed by atoms with Gasteiger partial charge in [-0.15, -0.1) is 0 Å². The number of aromatic hydroxyl groups is 1. The molecule has 1 aromatic heterocycles. The van der Waals surface area contributed by atoms with Crippen LogP contribution in [0.15, 0.2) is 40.9 Å². The molecule has 1 heterocycles. The number of carboxylic acids is 1. The van der Waals surface area contributed by atoms with Gasteiger partial charge in [0.15, 0.2) is 12.4 Å². The van der Waals surface area contributed by atoms with Crippen LogP contribution in [0, 0.1) is 12.3 Å². The molecular formula is C23H24N2O6. The number of carboxylic acid groups (broad SMARTS) is 1. The summed E-state index contributed by atoms with van der Waals surface area (Å²) in [5.41, 5.74) is 1.14. The minimum absolute atomic E-state index is 0.0544. The normalized spacial score (nSPS) is 11.4. The van der Waals surface area contributed by atoms with Crippen molar-refractivity contribution in [1.82, 2.24) is 10.1 Å². The summed E-state index contributed by atoms with van der Waals surface area (Å²) in [6.45, 7) is 7.49. The lowest BCUT2D eigenvalue weighted by molar-refractivity contribution is 0.0696. The second-order valence-corrected chi connectivity index (χ2v) is 8.43. The van der Waals surface area contributed by atoms with E-state index in [-0.39, 0.29) is 46.4 Å². The summed E-state index contributed by atoms with van der Waals surface area (Å²) in [7, 11) is 0. The van der Waals surface area contributed by atoms with Crippen LogP contribution in [0.5, 0.6) is 11.5 Å². The Kier molecular flexibility index (Phi) is 6.10. The van der Waals surface area contributed by atoms with E-state index >= 15 is 0 Å². The summed E-state index contributed by atoms with van der Waals surface area (Å²) >= 11 is 0. The first-order valence-electron chi connectivity index (χ1n) is 9.70. The van der Waals surface area contributed by atoms with Crippen molar-refractivity contribution in [2.24, 2.45) is 5.41 Å². The number of hydrogen-bond donors (Lipinski definition) is 2. The third kappa shape index (κ3) is 5.28. The summed E-state index contributed by atoms with van der Waals surface area (Å²) < 4.78 is 10.9. The van der Waals surface area contributed by atoms with E-state index in [2.05, 4.69) is 10.1 Å². The zero-order chi connectivity index (χ0) is 22.8. The van der Waals surface area contributed by atoms with Crippen molar-refractivity contribution in [3.05, 3.63) is 59.0 Å². The molecule has 2 aromatic carbocycles. The minimum atomic E-state index is -1.05. The Hall–Kier alpha value is -3.68. The standard InChI is InChI=1S/C23H24N2O6/c1-13-18(9-8-16(20(13)27)17(26)11-23(2,3)4)30-12-19-24-21(25-31-19)14-6-5-7-15(10-14)22(28)29/h5-10,27H,11-12H2,1-4H3,(H,28,29). The van der Waals surface area contributed by atoms with Gasteiger partial charge in [0.1, 0.15) is 11.5 Å². The molecule has 0 saturated carbocycles. The number of aromatic nitrogens is 2. The zero-order valence-corrected chi connectivity index (χ0v) is 17.8. The fraction of sp³-hybridized carbons (Fsp3) is 0.304. The van der Waals surface area contributed by atoms with Gasteiger partial charge in [0.25, 0.3) is 5.89 Å². The highest BCUT2D eigenvalue weighted by Crippen LogP contribution is 2.33. The number of benzene rings is 2. The fourth-order valence-electron chi connectivity index (χ4n) is 3.00. The van der Waals surface area contributed by atoms with Crippen LogP contribution < -0.4 is 4.74 Å². The van der Waals surface area contributed by atoms with Crippen molar-refractivity contribution >= 4 is 11.8 Å². The van der Waals surface area contributed by atoms with Crippen LogP contribution in [0.1, 0.15) is 59.4 Å². The smallest absolute Gasteiger partial charge is 0.335 e. The molecule has 8 heteroatoms. The first-order valence-corrected chi connectivity index (χ1v) is 9.70. The van der Waals surface area contributed by atoms with Gasteiger partial charge in [-0.2, -0.15) is 4.98 Å². The van der Waals surface area contributed by atoms with Gasteiger partial charge in [-0.1, -0.05) is 38.1 Å². The predicted octanol–water partition coefficient (Wildman–Crippen LogP) is 4.65. The molecule has 8 nitrogen and oxygen atoms in total. The maximum absolute atomic E-state index is 12.5. The van der Waals surface area contributed by atoms with Gasteiger partial charge >= 0.3 is 5.97 Å². The van der Waals surface area contributed by atoms with Gasteiger partial charge in [0, 0.05) is 17.5 Å². The Bertz CT molecular complexity index is 1130. The molecular weight excluding hydrogens is 400 g/mol. The van der Waals surface area contributed by atoms with Crippen LogP contribution in [-0.2, 0) is 6.61 Å². The van der Waals surface area contributed by atoms with Gasteiger partial charge in [0.2, 0.25) is 5.82 Å². The summed E-state index contributed by atoms with van der Waals surface area (Å²) in [4.78, 5) is 27.8. The zero-order valence-electron chi connectivity index (χ0n) is 17.8. The van der Waals surface area contributed by atoms with E-state index in [1.54, 1.807) is 31.2 Å². The van der Waals surface area contributed by atoms with Crippen LogP contribution in [-0.4, -0.2) is 32.1 Å². The van der Waals surface area contributed by atoms with E-state index in [1.165, 1.54) is 12.1 Å². The van der Waals surface area contributed by atoms with E-state index in [4.69, 9.17) is 14.4 Å². The van der Waals surface area contributed by atoms with E-state index in [0.717, 1.165) is 0 Å². The van der Waals surface area contributed by atoms with Crippen LogP contribution >= 0.6 is 0 Å². The number of phenolic OH excluding ortho intramolecular Hbond substituents is 1. The van der Waals surface area contributed by atoms with Crippen LogP contribution in [0.4, 0.5) is 0 Å². The number of rotatable bonds is 7. The Morgan fingerprint density at radius 1 is 1.16 bits per heavy atom. The molecule has 0 fully saturated rings. The molecule has 0 atom stereocenters. The van der Waals surface area contributed by atoms with E-state index < -0.39 is 5.97 Å². The van der Waals surface area contributed by atoms with Gasteiger partial charge in [-0.3, -0.25) is 4.79 Å². The molecule has 31 heavy (non-hydrogen) atoms. The quantitative estimate of drug-likeness (QED) is 0.526. The molecule has 0 spiro atoms. The molecule has 2 N–H and O–H groups in total. The number of ether oxygens (including phenoxy) is 1. The largest absolute Gasteiger partial charge is 0.507 e. The average molecular weight is 424 g/mol. The first kappa shape index (κ1) is 22.0. The van der Waals surface area contributed by atoms with Gasteiger partial charge in [0.05, 0.1) is 11.1 Å². The number of phenols is 1. The number of nitrogens with zero attached hydrogens (tertiary/aromatic N) is 2. The number of carbonyl (C=O) groups is 2. The predicted molar refractivity (Wildman–Crippen MR) is 112 cm³/mol. The first-order chi connectivity index (χ1) is 14.5. The highest BCUT2D eigenvalue weighted by atomic mass is 16.5. The number of aromatic carboxylic acids is 1. The molecule has 0 bridgehead atoms. The minimum Gasteiger partial charge on any atom is -0.507 e. The lowest BCUT2D eigenvalue weighted by Gasteiger charge is -2.18. The highest BCUT2D eigenvalue weighted by molar-refractivity contribution is 5.99. The molecule has 0 amide bonds. The molecule has 0 saturated heterocycles. The van der Waals surface area contributed by atoms with E-state index in [1.807, 2.05) is 20.8 Å². The Morgan fingerprint density at radius 3 is 2.58 bits per heavy atom. The molecule has 0 unspecified atom stereocenters. The van der Waals surface area contributed by atoms with Gasteiger partial charge in [-0.25, -0.2) is 4.79 Å². The van der Waals surface area contributed by atoms with Crippen molar-refractivity contribution < 1.29 is 29.1 Å². The second kappa shape index (κ2) is 8.59. The van der Waals surface area contributed by atoms with Crippen molar-refractivity contribution in [3.8, 4) is 22.9 Å². The maximum atomic E-state index is 12.5. The van der Waals surface area contributed by atoms with Crippen LogP contribution in [0.3, 0.4) is 0 Å². The molecule has 0 radical (unpaired) electrons. The van der Waals surface area contributed by atoms with Crippen molar-refractivity contribution in [2.45, 2.75) is 40.7 Å². The molecule has 0 aliphatic carbocycles. The molecule has 0 aliphatic rings. The molecule has 162 valence electrons. The third-order valence-electron chi connectivity index (χ3n) is 4.56. The third-order valence-corrected chi connectivity index (χ3v) is 4.56. The van der Waals surface area contributed by atoms with E-state index in [9.17, 15) is 14.7 Å². The van der Waals surface area contributed by atoms with Crippen molar-refractivity contribution in [2.75, 3.05) is 0 Å². The number of hydrogen-bond acceptors (Lipinski definition) is 7. The monoisotopic (exact) mass is 424 g/mol. The van der Waals surface area contributed by atoms with E-state index in [0.29, 0.717) is 23.3 Å². The highest BCUT2D eigenvalue weighted by Gasteiger charge is 2.22. The fourth-order valence-corrected chi connectivity index (χ4v) is 3.00. The van der Waals surface area contributed by atoms with Crippen molar-refractivity contribution in [1.29, 1.82) is 0 Å². The number of carbonyl (C=O) groups excluding carboxylic acids is 1. The molecule has 0 aliphatic heterocycles. The maximum Gasteiger partial charge on any atom is 0.335 e. The van der Waals surface area contributed by atoms with Crippen LogP contribution in [0.25, 0.3) is 11.4 Å². The number of Topliss-reactive ketones (excluding diaryl/α,β-unsaturated/α-hetero) is 1. The Labute approximate surface area is 179 Å². The molecule has 3 rings (SSSR count). The summed E-state index contributed by atoms with van der Waals surface area (Å²) in [6, 6.07) is 9.37. The molecule has 3 aromatic rings. The van der Waals surface area contributed by atoms with Crippen molar-refractivity contribution in [3.63, 3.8) is 0 Å². The summed E-state index contributed by atoms with van der Waals surface area (Å²) in [6.07, 6.45) is 0.314. The van der Waals surface area contributed by atoms with Gasteiger partial charge in [-0.05, 0) is 36.6 Å². The number of ketones is 1. The Balaban J connectivity index is 1.72. The SMILES string of the molecule is Cc1c(OCc2nc(-c3cccc(C(=O)O)c3)no2)ccc(C(=O)CC(C)(C)C)c1O. The second-order valence-electron chi connectivity index (χ2n) is 8.43.